The number of ether oxygens (including phenoxy) is 1. The van der Waals surface area contributed by atoms with Crippen molar-refractivity contribution in [2.75, 3.05) is 14.2 Å². The summed E-state index contributed by atoms with van der Waals surface area (Å²) in [6.45, 7) is 0.418. The van der Waals surface area contributed by atoms with Crippen LogP contribution in [-0.2, 0) is 6.54 Å². The molecule has 0 aliphatic heterocycles. The standard InChI is InChI=1S/C15H15FN2O2/c1-18(10-11-6-8-12(20-2)9-7-11)15(19)13-4-3-5-14(16)17-13/h3-9H,10H2,1-2H3. The third kappa shape index (κ3) is 3.32. The number of hydrogen-bond acceptors (Lipinski definition) is 3. The Balaban J connectivity index is 2.07. The number of carbonyl (C=O) groups is 1. The van der Waals surface area contributed by atoms with E-state index in [1.54, 1.807) is 14.2 Å². The second kappa shape index (κ2) is 6.14. The fourth-order valence-electron chi connectivity index (χ4n) is 1.80. The summed E-state index contributed by atoms with van der Waals surface area (Å²) in [5.74, 6) is -0.219. The minimum absolute atomic E-state index is 0.0982. The van der Waals surface area contributed by atoms with Gasteiger partial charge in [0.1, 0.15) is 11.4 Å². The van der Waals surface area contributed by atoms with Crippen LogP contribution in [0.4, 0.5) is 4.39 Å². The number of carbonyl (C=O) groups excluding carboxylic acids is 1. The zero-order valence-electron chi connectivity index (χ0n) is 11.3. The Kier molecular flexibility index (Phi) is 4.30. The first-order valence-corrected chi connectivity index (χ1v) is 6.11. The van der Waals surface area contributed by atoms with Gasteiger partial charge in [-0.25, -0.2) is 4.98 Å². The molecule has 20 heavy (non-hydrogen) atoms. The second-order valence-electron chi connectivity index (χ2n) is 4.35. The maximum Gasteiger partial charge on any atom is 0.272 e. The summed E-state index contributed by atoms with van der Waals surface area (Å²) >= 11 is 0. The first-order chi connectivity index (χ1) is 9.60. The summed E-state index contributed by atoms with van der Waals surface area (Å²) in [4.78, 5) is 17.2. The monoisotopic (exact) mass is 274 g/mol. The molecule has 1 heterocycles. The van der Waals surface area contributed by atoms with Crippen LogP contribution in [0.2, 0.25) is 0 Å². The molecule has 4 nitrogen and oxygen atoms in total. The van der Waals surface area contributed by atoms with Crippen LogP contribution in [0.15, 0.2) is 42.5 Å². The summed E-state index contributed by atoms with van der Waals surface area (Å²) < 4.78 is 18.1. The van der Waals surface area contributed by atoms with Crippen LogP contribution in [0.1, 0.15) is 16.1 Å². The van der Waals surface area contributed by atoms with Crippen LogP contribution in [0.25, 0.3) is 0 Å². The largest absolute Gasteiger partial charge is 0.497 e. The van der Waals surface area contributed by atoms with Gasteiger partial charge in [-0.1, -0.05) is 18.2 Å². The Morgan fingerprint density at radius 1 is 1.25 bits per heavy atom. The number of pyridine rings is 1. The van der Waals surface area contributed by atoms with Gasteiger partial charge in [0.25, 0.3) is 5.91 Å². The molecule has 2 aromatic rings. The second-order valence-corrected chi connectivity index (χ2v) is 4.35. The third-order valence-electron chi connectivity index (χ3n) is 2.86. The molecule has 1 aromatic heterocycles. The van der Waals surface area contributed by atoms with Gasteiger partial charge in [0.2, 0.25) is 5.95 Å². The normalized spacial score (nSPS) is 10.2. The molecule has 0 radical (unpaired) electrons. The van der Waals surface area contributed by atoms with Crippen LogP contribution in [-0.4, -0.2) is 29.9 Å². The maximum atomic E-state index is 13.0. The average Bonchev–Trinajstić information content (AvgIpc) is 2.47. The molecular formula is C15H15FN2O2. The average molecular weight is 274 g/mol. The molecule has 1 aromatic carbocycles. The molecular weight excluding hydrogens is 259 g/mol. The fraction of sp³-hybridized carbons (Fsp3) is 0.200. The lowest BCUT2D eigenvalue weighted by atomic mass is 10.2. The van der Waals surface area contributed by atoms with E-state index in [-0.39, 0.29) is 11.6 Å². The van der Waals surface area contributed by atoms with E-state index in [1.807, 2.05) is 24.3 Å². The Bertz CT molecular complexity index is 599. The Morgan fingerprint density at radius 2 is 1.95 bits per heavy atom. The lowest BCUT2D eigenvalue weighted by molar-refractivity contribution is 0.0778. The Morgan fingerprint density at radius 3 is 2.55 bits per heavy atom. The van der Waals surface area contributed by atoms with Gasteiger partial charge in [-0.2, -0.15) is 4.39 Å². The van der Waals surface area contributed by atoms with Gasteiger partial charge in [0, 0.05) is 13.6 Å². The summed E-state index contributed by atoms with van der Waals surface area (Å²) in [7, 11) is 3.25. The molecule has 2 rings (SSSR count). The molecule has 0 bridgehead atoms. The minimum atomic E-state index is -0.659. The van der Waals surface area contributed by atoms with E-state index in [0.717, 1.165) is 11.3 Å². The van der Waals surface area contributed by atoms with Crippen LogP contribution in [0, 0.1) is 5.95 Å². The highest BCUT2D eigenvalue weighted by molar-refractivity contribution is 5.92. The molecule has 0 saturated carbocycles. The van der Waals surface area contributed by atoms with Crippen molar-refractivity contribution < 1.29 is 13.9 Å². The number of benzene rings is 1. The zero-order valence-corrected chi connectivity index (χ0v) is 11.3. The molecule has 5 heteroatoms. The summed E-state index contributed by atoms with van der Waals surface area (Å²) in [6, 6.07) is 11.6. The molecule has 0 spiro atoms. The number of halogens is 1. The van der Waals surface area contributed by atoms with Crippen molar-refractivity contribution in [2.24, 2.45) is 0 Å². The summed E-state index contributed by atoms with van der Waals surface area (Å²) in [6.07, 6.45) is 0. The summed E-state index contributed by atoms with van der Waals surface area (Å²) in [5, 5.41) is 0. The van der Waals surface area contributed by atoms with Crippen LogP contribution in [0.5, 0.6) is 5.75 Å². The number of amides is 1. The number of nitrogens with zero attached hydrogens (tertiary/aromatic N) is 2. The maximum absolute atomic E-state index is 13.0. The van der Waals surface area contributed by atoms with Crippen LogP contribution >= 0.6 is 0 Å². The smallest absolute Gasteiger partial charge is 0.272 e. The van der Waals surface area contributed by atoms with Gasteiger partial charge in [-0.3, -0.25) is 4.79 Å². The number of methoxy groups -OCH3 is 1. The number of aromatic nitrogens is 1. The van der Waals surface area contributed by atoms with Crippen LogP contribution in [0.3, 0.4) is 0 Å². The highest BCUT2D eigenvalue weighted by atomic mass is 19.1. The Hall–Kier alpha value is -2.43. The summed E-state index contributed by atoms with van der Waals surface area (Å²) in [5.41, 5.74) is 1.05. The molecule has 0 atom stereocenters. The van der Waals surface area contributed by atoms with E-state index >= 15 is 0 Å². The molecule has 0 N–H and O–H groups in total. The lowest BCUT2D eigenvalue weighted by Crippen LogP contribution is -2.27. The van der Waals surface area contributed by atoms with Gasteiger partial charge in [0.05, 0.1) is 7.11 Å². The van der Waals surface area contributed by atoms with Gasteiger partial charge >= 0.3 is 0 Å². The molecule has 0 aliphatic rings. The number of rotatable bonds is 4. The lowest BCUT2D eigenvalue weighted by Gasteiger charge is -2.17. The zero-order chi connectivity index (χ0) is 14.5. The van der Waals surface area contributed by atoms with Crippen molar-refractivity contribution in [1.29, 1.82) is 0 Å². The quantitative estimate of drug-likeness (QED) is 0.804. The van der Waals surface area contributed by atoms with Crippen molar-refractivity contribution in [3.05, 3.63) is 59.7 Å². The molecule has 0 unspecified atom stereocenters. The molecule has 104 valence electrons. The van der Waals surface area contributed by atoms with E-state index in [2.05, 4.69) is 4.98 Å². The van der Waals surface area contributed by atoms with E-state index < -0.39 is 5.95 Å². The van der Waals surface area contributed by atoms with Gasteiger partial charge in [0.15, 0.2) is 0 Å². The third-order valence-corrected chi connectivity index (χ3v) is 2.86. The van der Waals surface area contributed by atoms with E-state index in [1.165, 1.54) is 23.1 Å². The van der Waals surface area contributed by atoms with Crippen molar-refractivity contribution in [1.82, 2.24) is 9.88 Å². The van der Waals surface area contributed by atoms with Crippen molar-refractivity contribution in [3.8, 4) is 5.75 Å². The first kappa shape index (κ1) is 14.0. The minimum Gasteiger partial charge on any atom is -0.497 e. The van der Waals surface area contributed by atoms with Gasteiger partial charge < -0.3 is 9.64 Å². The van der Waals surface area contributed by atoms with E-state index in [0.29, 0.717) is 6.54 Å². The van der Waals surface area contributed by atoms with Crippen molar-refractivity contribution in [3.63, 3.8) is 0 Å². The molecule has 0 fully saturated rings. The highest BCUT2D eigenvalue weighted by Gasteiger charge is 2.14. The van der Waals surface area contributed by atoms with Crippen molar-refractivity contribution in [2.45, 2.75) is 6.54 Å². The highest BCUT2D eigenvalue weighted by Crippen LogP contribution is 2.13. The van der Waals surface area contributed by atoms with Crippen LogP contribution < -0.4 is 4.74 Å². The SMILES string of the molecule is COc1ccc(CN(C)C(=O)c2cccc(F)n2)cc1. The molecule has 0 aliphatic carbocycles. The first-order valence-electron chi connectivity index (χ1n) is 6.11. The van der Waals surface area contributed by atoms with Gasteiger partial charge in [-0.15, -0.1) is 0 Å². The topological polar surface area (TPSA) is 42.4 Å². The van der Waals surface area contributed by atoms with Crippen molar-refractivity contribution >= 4 is 5.91 Å². The predicted octanol–water partition coefficient (Wildman–Crippen LogP) is 2.50. The molecule has 1 amide bonds. The van der Waals surface area contributed by atoms with E-state index in [4.69, 9.17) is 4.74 Å². The number of hydrogen-bond donors (Lipinski definition) is 0. The Labute approximate surface area is 116 Å². The molecule has 0 saturated heterocycles. The van der Waals surface area contributed by atoms with Gasteiger partial charge in [-0.05, 0) is 29.8 Å². The fourth-order valence-corrected chi connectivity index (χ4v) is 1.80. The van der Waals surface area contributed by atoms with E-state index in [9.17, 15) is 9.18 Å². The predicted molar refractivity (Wildman–Crippen MR) is 73.0 cm³/mol.